The predicted octanol–water partition coefficient (Wildman–Crippen LogP) is 1.84. The van der Waals surface area contributed by atoms with Gasteiger partial charge in [-0.1, -0.05) is 0 Å². The highest BCUT2D eigenvalue weighted by molar-refractivity contribution is 7.83. The Bertz CT molecular complexity index is 358. The quantitative estimate of drug-likeness (QED) is 0.433. The molecule has 0 radical (unpaired) electrons. The number of hydrogen-bond acceptors (Lipinski definition) is 2. The van der Waals surface area contributed by atoms with Crippen LogP contribution in [0.2, 0.25) is 0 Å². The summed E-state index contributed by atoms with van der Waals surface area (Å²) in [6.07, 6.45) is 3.59. The van der Waals surface area contributed by atoms with Crippen LogP contribution in [0.1, 0.15) is 23.0 Å². The average Bonchev–Trinajstić information content (AvgIpc) is 2.08. The first-order valence-corrected chi connectivity index (χ1v) is 4.50. The number of nitrogens with zero attached hydrogens (tertiary/aromatic N) is 1. The molecule has 1 aromatic rings. The molecule has 0 aliphatic carbocycles. The SMILES string of the molecule is CC(=O)c1ccc(C)[n+](/C=C\S)c1. The Hall–Kier alpha value is -1.09. The zero-order valence-electron chi connectivity index (χ0n) is 7.69. The zero-order chi connectivity index (χ0) is 9.84. The van der Waals surface area contributed by atoms with Gasteiger partial charge in [0.2, 0.25) is 0 Å². The molecule has 1 heterocycles. The van der Waals surface area contributed by atoms with Gasteiger partial charge in [0.25, 0.3) is 0 Å². The molecule has 2 nitrogen and oxygen atoms in total. The van der Waals surface area contributed by atoms with Crippen molar-refractivity contribution >= 4 is 24.6 Å². The number of carbonyl (C=O) groups excluding carboxylic acids is 1. The van der Waals surface area contributed by atoms with E-state index in [0.717, 1.165) is 5.69 Å². The van der Waals surface area contributed by atoms with Crippen molar-refractivity contribution in [3.63, 3.8) is 0 Å². The van der Waals surface area contributed by atoms with Crippen molar-refractivity contribution in [3.8, 4) is 0 Å². The van der Waals surface area contributed by atoms with Gasteiger partial charge in [0.1, 0.15) is 0 Å². The fraction of sp³-hybridized carbons (Fsp3) is 0.200. The molecule has 0 saturated heterocycles. The Morgan fingerprint density at radius 2 is 2.23 bits per heavy atom. The highest BCUT2D eigenvalue weighted by atomic mass is 32.1. The van der Waals surface area contributed by atoms with E-state index in [2.05, 4.69) is 12.6 Å². The number of rotatable bonds is 2. The van der Waals surface area contributed by atoms with Crippen molar-refractivity contribution in [2.75, 3.05) is 0 Å². The molecule has 1 aromatic heterocycles. The number of thiol groups is 1. The van der Waals surface area contributed by atoms with Gasteiger partial charge < -0.3 is 0 Å². The molecule has 0 unspecified atom stereocenters. The number of ketones is 1. The lowest BCUT2D eigenvalue weighted by Crippen LogP contribution is -2.30. The van der Waals surface area contributed by atoms with Crippen molar-refractivity contribution in [1.82, 2.24) is 0 Å². The number of pyridine rings is 1. The molecule has 0 amide bonds. The van der Waals surface area contributed by atoms with E-state index in [1.54, 1.807) is 24.7 Å². The van der Waals surface area contributed by atoms with Crippen LogP contribution in [0.3, 0.4) is 0 Å². The highest BCUT2D eigenvalue weighted by Gasteiger charge is 2.07. The molecule has 0 atom stereocenters. The van der Waals surface area contributed by atoms with Gasteiger partial charge in [-0.05, 0) is 13.0 Å². The van der Waals surface area contributed by atoms with E-state index < -0.39 is 0 Å². The fourth-order valence-corrected chi connectivity index (χ4v) is 1.18. The maximum absolute atomic E-state index is 11.1. The van der Waals surface area contributed by atoms with Crippen LogP contribution in [0.5, 0.6) is 0 Å². The first-order chi connectivity index (χ1) is 6.15. The minimum absolute atomic E-state index is 0.0707. The van der Waals surface area contributed by atoms with Gasteiger partial charge in [0.15, 0.2) is 23.9 Å². The third-order valence-electron chi connectivity index (χ3n) is 1.82. The predicted molar refractivity (Wildman–Crippen MR) is 55.7 cm³/mol. The van der Waals surface area contributed by atoms with Crippen LogP contribution in [-0.2, 0) is 0 Å². The molecule has 0 spiro atoms. The van der Waals surface area contributed by atoms with Crippen molar-refractivity contribution in [3.05, 3.63) is 35.0 Å². The van der Waals surface area contributed by atoms with E-state index in [1.807, 2.05) is 23.6 Å². The molecule has 68 valence electrons. The number of hydrogen-bond donors (Lipinski definition) is 1. The van der Waals surface area contributed by atoms with Crippen LogP contribution >= 0.6 is 12.6 Å². The summed E-state index contributed by atoms with van der Waals surface area (Å²) in [7, 11) is 0. The van der Waals surface area contributed by atoms with Crippen LogP contribution in [0.15, 0.2) is 23.7 Å². The van der Waals surface area contributed by atoms with Crippen molar-refractivity contribution < 1.29 is 9.36 Å². The normalized spacial score (nSPS) is 10.7. The Labute approximate surface area is 83.3 Å². The third-order valence-corrected chi connectivity index (χ3v) is 1.96. The lowest BCUT2D eigenvalue weighted by Gasteiger charge is -1.95. The summed E-state index contributed by atoms with van der Waals surface area (Å²) in [4.78, 5) is 11.1. The monoisotopic (exact) mass is 194 g/mol. The summed E-state index contributed by atoms with van der Waals surface area (Å²) >= 11 is 3.98. The van der Waals surface area contributed by atoms with Crippen LogP contribution in [0.25, 0.3) is 6.20 Å². The summed E-state index contributed by atoms with van der Waals surface area (Å²) in [5, 5.41) is 1.64. The average molecular weight is 194 g/mol. The third kappa shape index (κ3) is 2.42. The highest BCUT2D eigenvalue weighted by Crippen LogP contribution is 1.99. The first kappa shape index (κ1) is 9.99. The minimum atomic E-state index is 0.0707. The molecular formula is C10H12NOS+. The second kappa shape index (κ2) is 4.23. The molecule has 0 aromatic carbocycles. The second-order valence-electron chi connectivity index (χ2n) is 2.82. The van der Waals surface area contributed by atoms with Crippen molar-refractivity contribution in [2.45, 2.75) is 13.8 Å². The van der Waals surface area contributed by atoms with E-state index in [1.165, 1.54) is 0 Å². The molecule has 0 saturated carbocycles. The summed E-state index contributed by atoms with van der Waals surface area (Å²) in [5.41, 5.74) is 1.77. The van der Waals surface area contributed by atoms with Gasteiger partial charge in [0, 0.05) is 18.4 Å². The molecular weight excluding hydrogens is 182 g/mol. The number of aryl methyl sites for hydroxylation is 1. The fourth-order valence-electron chi connectivity index (χ4n) is 1.03. The van der Waals surface area contributed by atoms with E-state index in [4.69, 9.17) is 0 Å². The van der Waals surface area contributed by atoms with Gasteiger partial charge in [-0.3, -0.25) is 4.79 Å². The molecule has 13 heavy (non-hydrogen) atoms. The number of aromatic nitrogens is 1. The van der Waals surface area contributed by atoms with Gasteiger partial charge in [-0.15, -0.1) is 12.6 Å². The second-order valence-corrected chi connectivity index (χ2v) is 3.12. The molecule has 0 aliphatic heterocycles. The molecule has 0 N–H and O–H groups in total. The maximum atomic E-state index is 11.1. The van der Waals surface area contributed by atoms with Gasteiger partial charge in [-0.2, -0.15) is 4.57 Å². The topological polar surface area (TPSA) is 20.9 Å². The molecule has 3 heteroatoms. The van der Waals surface area contributed by atoms with Crippen LogP contribution < -0.4 is 4.57 Å². The smallest absolute Gasteiger partial charge is 0.185 e. The number of carbonyl (C=O) groups is 1. The van der Waals surface area contributed by atoms with Crippen LogP contribution in [0.4, 0.5) is 0 Å². The van der Waals surface area contributed by atoms with E-state index in [9.17, 15) is 4.79 Å². The molecule has 0 bridgehead atoms. The molecule has 0 fully saturated rings. The summed E-state index contributed by atoms with van der Waals surface area (Å²) < 4.78 is 1.86. The lowest BCUT2D eigenvalue weighted by molar-refractivity contribution is -0.575. The Morgan fingerprint density at radius 3 is 2.77 bits per heavy atom. The van der Waals surface area contributed by atoms with Crippen LogP contribution in [0, 0.1) is 6.92 Å². The van der Waals surface area contributed by atoms with Gasteiger partial charge in [-0.25, -0.2) is 0 Å². The number of Topliss-reactive ketones (excluding diaryl/α,β-unsaturated/α-hetero) is 1. The summed E-state index contributed by atoms with van der Waals surface area (Å²) in [6, 6.07) is 3.73. The van der Waals surface area contributed by atoms with E-state index in [0.29, 0.717) is 5.56 Å². The van der Waals surface area contributed by atoms with E-state index in [-0.39, 0.29) is 5.78 Å². The first-order valence-electron chi connectivity index (χ1n) is 3.99. The molecule has 0 aliphatic rings. The van der Waals surface area contributed by atoms with Gasteiger partial charge >= 0.3 is 0 Å². The Balaban J connectivity index is 3.18. The summed E-state index contributed by atoms with van der Waals surface area (Å²) in [5.74, 6) is 0.0707. The Kier molecular flexibility index (Phi) is 3.25. The largest absolute Gasteiger partial charge is 0.294 e. The van der Waals surface area contributed by atoms with Crippen molar-refractivity contribution in [1.29, 1.82) is 0 Å². The lowest BCUT2D eigenvalue weighted by atomic mass is 10.2. The van der Waals surface area contributed by atoms with Gasteiger partial charge in [0.05, 0.1) is 5.56 Å². The van der Waals surface area contributed by atoms with E-state index >= 15 is 0 Å². The maximum Gasteiger partial charge on any atom is 0.185 e. The standard InChI is InChI=1S/C10H11NOS/c1-8-3-4-10(9(2)12)7-11(8)5-6-13/h3-7H,1-2H3/p+1/b6-5-. The summed E-state index contributed by atoms with van der Waals surface area (Å²) in [6.45, 7) is 3.52. The van der Waals surface area contributed by atoms with Crippen LogP contribution in [-0.4, -0.2) is 5.78 Å². The molecule has 1 rings (SSSR count). The Morgan fingerprint density at radius 1 is 1.54 bits per heavy atom. The minimum Gasteiger partial charge on any atom is -0.294 e. The zero-order valence-corrected chi connectivity index (χ0v) is 8.58. The van der Waals surface area contributed by atoms with Crippen molar-refractivity contribution in [2.24, 2.45) is 0 Å².